The van der Waals surface area contributed by atoms with Gasteiger partial charge in [0.05, 0.1) is 19.8 Å². The first-order chi connectivity index (χ1) is 21.6. The highest BCUT2D eigenvalue weighted by Crippen LogP contribution is 2.44. The summed E-state index contributed by atoms with van der Waals surface area (Å²) in [5.41, 5.74) is 4.34. The second-order valence-electron chi connectivity index (χ2n) is 10.9. The number of unbranched alkanes of at least 4 members (excludes halogenated alkanes) is 3. The summed E-state index contributed by atoms with van der Waals surface area (Å²) in [6.07, 6.45) is 3.78. The lowest BCUT2D eigenvalue weighted by Crippen LogP contribution is -2.42. The molecule has 0 fully saturated rings. The zero-order valence-corrected chi connectivity index (χ0v) is 27.8. The van der Waals surface area contributed by atoms with E-state index in [4.69, 9.17) is 33.5 Å². The van der Waals surface area contributed by atoms with Gasteiger partial charge in [0.2, 0.25) is 0 Å². The van der Waals surface area contributed by atoms with Gasteiger partial charge in [-0.25, -0.2) is 4.79 Å². The molecule has 9 heteroatoms. The van der Waals surface area contributed by atoms with Crippen LogP contribution >= 0.6 is 11.8 Å². The van der Waals surface area contributed by atoms with Crippen LogP contribution in [0.2, 0.25) is 0 Å². The molecule has 1 aliphatic carbocycles. The summed E-state index contributed by atoms with van der Waals surface area (Å²) in [4.78, 5) is 23.8. The maximum Gasteiger partial charge on any atom is 0.540 e. The molecule has 2 aromatic rings. The highest BCUT2D eigenvalue weighted by molar-refractivity contribution is 7.99. The summed E-state index contributed by atoms with van der Waals surface area (Å²) in [7, 11) is 0. The molecular formula is C35H52O8S. The minimum absolute atomic E-state index is 0.0780. The van der Waals surface area contributed by atoms with Crippen molar-refractivity contribution in [3.8, 4) is 11.1 Å². The summed E-state index contributed by atoms with van der Waals surface area (Å²) in [5.74, 6) is 0.783. The number of rotatable bonds is 24. The number of carbonyl (C=O) groups is 1. The van der Waals surface area contributed by atoms with Crippen molar-refractivity contribution in [3.63, 3.8) is 0 Å². The fraction of sp³-hybridized carbons (Fsp3) is 0.629. The second kappa shape index (κ2) is 21.6. The van der Waals surface area contributed by atoms with Crippen LogP contribution in [-0.2, 0) is 33.5 Å². The van der Waals surface area contributed by atoms with E-state index in [2.05, 4.69) is 52.0 Å². The van der Waals surface area contributed by atoms with E-state index in [1.807, 2.05) is 24.3 Å². The zero-order valence-electron chi connectivity index (χ0n) is 27.0. The van der Waals surface area contributed by atoms with Crippen LogP contribution in [-0.4, -0.2) is 75.8 Å². The monoisotopic (exact) mass is 632 g/mol. The number of carbonyl (C=O) groups excluding carboxylic acids is 1. The molecule has 0 spiro atoms. The Balaban J connectivity index is 1.65. The Bertz CT molecular complexity index is 1020. The Labute approximate surface area is 268 Å². The molecule has 0 heterocycles. The van der Waals surface area contributed by atoms with Crippen molar-refractivity contribution < 1.29 is 38.3 Å². The Morgan fingerprint density at radius 1 is 0.727 bits per heavy atom. The van der Waals surface area contributed by atoms with Gasteiger partial charge in [-0.15, -0.1) is 11.8 Å². The van der Waals surface area contributed by atoms with E-state index >= 15 is 0 Å². The van der Waals surface area contributed by atoms with Gasteiger partial charge in [0, 0.05) is 25.7 Å². The van der Waals surface area contributed by atoms with Gasteiger partial charge < -0.3 is 23.7 Å². The molecule has 1 unspecified atom stereocenters. The third-order valence-electron chi connectivity index (χ3n) is 7.41. The molecule has 0 amide bonds. The number of thioether (sulfide) groups is 1. The SMILES string of the molecule is CCCCOCC(O[C@H](COCCCC)SCC)[C@@H](COCCCC)OOC(=O)OCC1c2ccccc2-c2ccccc21. The number of hydrogen-bond donors (Lipinski definition) is 0. The van der Waals surface area contributed by atoms with Crippen LogP contribution in [0.15, 0.2) is 48.5 Å². The fourth-order valence-corrected chi connectivity index (χ4v) is 5.76. The van der Waals surface area contributed by atoms with Crippen LogP contribution in [0.4, 0.5) is 4.79 Å². The molecule has 2 aromatic carbocycles. The Morgan fingerprint density at radius 3 is 1.80 bits per heavy atom. The number of fused-ring (bicyclic) bond motifs is 3. The lowest BCUT2D eigenvalue weighted by molar-refractivity contribution is -0.317. The van der Waals surface area contributed by atoms with E-state index in [0.717, 1.165) is 66.5 Å². The highest BCUT2D eigenvalue weighted by atomic mass is 32.2. The van der Waals surface area contributed by atoms with E-state index in [9.17, 15) is 4.79 Å². The first kappa shape index (κ1) is 36.3. The van der Waals surface area contributed by atoms with E-state index < -0.39 is 18.4 Å². The molecule has 3 rings (SSSR count). The van der Waals surface area contributed by atoms with Crippen molar-refractivity contribution in [3.05, 3.63) is 59.7 Å². The van der Waals surface area contributed by atoms with Crippen LogP contribution in [0.5, 0.6) is 0 Å². The van der Waals surface area contributed by atoms with Gasteiger partial charge >= 0.3 is 6.16 Å². The third kappa shape index (κ3) is 12.0. The van der Waals surface area contributed by atoms with Crippen molar-refractivity contribution >= 4 is 17.9 Å². The van der Waals surface area contributed by atoms with Crippen molar-refractivity contribution in [2.75, 3.05) is 52.0 Å². The van der Waals surface area contributed by atoms with Crippen LogP contribution in [0.25, 0.3) is 11.1 Å². The molecule has 0 aromatic heterocycles. The minimum Gasteiger partial charge on any atom is -0.431 e. The van der Waals surface area contributed by atoms with Gasteiger partial charge in [-0.05, 0) is 47.3 Å². The van der Waals surface area contributed by atoms with Gasteiger partial charge in [0.15, 0.2) is 6.10 Å². The number of benzene rings is 2. The molecule has 0 saturated heterocycles. The Morgan fingerprint density at radius 2 is 1.25 bits per heavy atom. The summed E-state index contributed by atoms with van der Waals surface area (Å²) in [6.45, 7) is 11.3. The van der Waals surface area contributed by atoms with Crippen LogP contribution < -0.4 is 0 Å². The molecule has 246 valence electrons. The minimum atomic E-state index is -0.904. The van der Waals surface area contributed by atoms with Crippen LogP contribution in [0, 0.1) is 0 Å². The molecule has 0 saturated carbocycles. The van der Waals surface area contributed by atoms with Gasteiger partial charge in [-0.2, -0.15) is 4.89 Å². The second-order valence-corrected chi connectivity index (χ2v) is 12.3. The maximum absolute atomic E-state index is 12.8. The normalized spacial score (nSPS) is 14.5. The topological polar surface area (TPSA) is 81.7 Å². The fourth-order valence-electron chi connectivity index (χ4n) is 4.97. The van der Waals surface area contributed by atoms with E-state index in [0.29, 0.717) is 26.4 Å². The Hall–Kier alpha value is -2.14. The summed E-state index contributed by atoms with van der Waals surface area (Å²) >= 11 is 1.66. The molecule has 1 aliphatic rings. The van der Waals surface area contributed by atoms with Gasteiger partial charge in [0.25, 0.3) is 0 Å². The van der Waals surface area contributed by atoms with Crippen LogP contribution in [0.1, 0.15) is 83.3 Å². The van der Waals surface area contributed by atoms with Gasteiger partial charge in [0.1, 0.15) is 18.1 Å². The standard InChI is InChI=1S/C35H52O8S/c1-5-9-20-37-24-32(41-34(44-8-4)26-39-22-11-7-3)33(25-38-21-10-6-2)42-43-35(36)40-23-31-29-18-14-12-16-27(29)28-17-13-15-19-30(28)31/h12-19,31-34H,5-11,20-26H2,1-4H3/t32?,33-,34+/m1/s1. The predicted molar refractivity (Wildman–Crippen MR) is 175 cm³/mol. The largest absolute Gasteiger partial charge is 0.540 e. The number of hydrogen-bond acceptors (Lipinski definition) is 9. The van der Waals surface area contributed by atoms with Crippen molar-refractivity contribution in [1.29, 1.82) is 0 Å². The van der Waals surface area contributed by atoms with E-state index in [1.54, 1.807) is 11.8 Å². The molecular weight excluding hydrogens is 580 g/mol. The van der Waals surface area contributed by atoms with E-state index in [1.165, 1.54) is 0 Å². The quantitative estimate of drug-likeness (QED) is 0.0374. The van der Waals surface area contributed by atoms with Gasteiger partial charge in [-0.1, -0.05) is 95.5 Å². The lowest BCUT2D eigenvalue weighted by atomic mass is 9.98. The van der Waals surface area contributed by atoms with E-state index in [-0.39, 0.29) is 31.2 Å². The van der Waals surface area contributed by atoms with Crippen LogP contribution in [0.3, 0.4) is 0 Å². The molecule has 0 radical (unpaired) electrons. The third-order valence-corrected chi connectivity index (χ3v) is 8.36. The lowest BCUT2D eigenvalue weighted by Gasteiger charge is -2.29. The summed E-state index contributed by atoms with van der Waals surface area (Å²) in [6, 6.07) is 16.4. The smallest absolute Gasteiger partial charge is 0.431 e. The molecule has 0 N–H and O–H groups in total. The van der Waals surface area contributed by atoms with Crippen molar-refractivity contribution in [2.24, 2.45) is 0 Å². The van der Waals surface area contributed by atoms with Gasteiger partial charge in [-0.3, -0.25) is 4.89 Å². The molecule has 44 heavy (non-hydrogen) atoms. The van der Waals surface area contributed by atoms with Crippen molar-refractivity contribution in [1.82, 2.24) is 0 Å². The average molecular weight is 633 g/mol. The molecule has 0 aliphatic heterocycles. The highest BCUT2D eigenvalue weighted by Gasteiger charge is 2.32. The molecule has 8 nitrogen and oxygen atoms in total. The first-order valence-electron chi connectivity index (χ1n) is 16.3. The average Bonchev–Trinajstić information content (AvgIpc) is 3.36. The maximum atomic E-state index is 12.8. The predicted octanol–water partition coefficient (Wildman–Crippen LogP) is 8.17. The summed E-state index contributed by atoms with van der Waals surface area (Å²) < 4.78 is 29.9. The molecule has 3 atom stereocenters. The van der Waals surface area contributed by atoms with Crippen molar-refractivity contribution in [2.45, 2.75) is 89.8 Å². The number of ether oxygens (including phenoxy) is 5. The zero-order chi connectivity index (χ0) is 31.4. The Kier molecular flexibility index (Phi) is 17.8. The first-order valence-corrected chi connectivity index (χ1v) is 17.4. The summed E-state index contributed by atoms with van der Waals surface area (Å²) in [5, 5.41) is 0. The molecule has 0 bridgehead atoms.